The van der Waals surface area contributed by atoms with E-state index in [4.69, 9.17) is 5.73 Å². The van der Waals surface area contributed by atoms with E-state index in [2.05, 4.69) is 23.4 Å². The standard InChI is InChI=1S/C11H19N3/c1-8-11-10(5-6-12)4-3-7-14(11)9(2)13-8/h10H,3-7,12H2,1-2H3. The third kappa shape index (κ3) is 1.46. The van der Waals surface area contributed by atoms with E-state index in [0.29, 0.717) is 5.92 Å². The molecule has 1 aliphatic rings. The Labute approximate surface area is 85.3 Å². The predicted octanol–water partition coefficient (Wildman–Crippen LogP) is 1.73. The molecule has 0 spiro atoms. The number of nitrogens with zero attached hydrogens (tertiary/aromatic N) is 2. The van der Waals surface area contributed by atoms with Crippen molar-refractivity contribution in [1.29, 1.82) is 0 Å². The van der Waals surface area contributed by atoms with Crippen molar-refractivity contribution in [2.75, 3.05) is 6.54 Å². The van der Waals surface area contributed by atoms with Gasteiger partial charge >= 0.3 is 0 Å². The molecule has 3 heteroatoms. The molecule has 1 aromatic rings. The van der Waals surface area contributed by atoms with E-state index in [1.54, 1.807) is 0 Å². The lowest BCUT2D eigenvalue weighted by Crippen LogP contribution is -2.19. The van der Waals surface area contributed by atoms with Gasteiger partial charge in [0.2, 0.25) is 0 Å². The lowest BCUT2D eigenvalue weighted by Gasteiger charge is -2.25. The third-order valence-corrected chi connectivity index (χ3v) is 3.22. The van der Waals surface area contributed by atoms with E-state index in [9.17, 15) is 0 Å². The Balaban J connectivity index is 2.37. The molecule has 1 atom stereocenters. The normalized spacial score (nSPS) is 20.9. The maximum atomic E-state index is 5.64. The summed E-state index contributed by atoms with van der Waals surface area (Å²) in [7, 11) is 0. The summed E-state index contributed by atoms with van der Waals surface area (Å²) >= 11 is 0. The molecule has 0 saturated carbocycles. The Hall–Kier alpha value is -0.830. The smallest absolute Gasteiger partial charge is 0.106 e. The van der Waals surface area contributed by atoms with Crippen molar-refractivity contribution in [3.05, 3.63) is 17.2 Å². The summed E-state index contributed by atoms with van der Waals surface area (Å²) in [6.45, 7) is 6.15. The minimum absolute atomic E-state index is 0.648. The van der Waals surface area contributed by atoms with Crippen LogP contribution in [-0.2, 0) is 6.54 Å². The molecule has 2 rings (SSSR count). The fourth-order valence-corrected chi connectivity index (χ4v) is 2.64. The van der Waals surface area contributed by atoms with Gasteiger partial charge in [-0.3, -0.25) is 0 Å². The Morgan fingerprint density at radius 1 is 1.50 bits per heavy atom. The Kier molecular flexibility index (Phi) is 2.59. The van der Waals surface area contributed by atoms with Crippen molar-refractivity contribution in [3.8, 4) is 0 Å². The highest BCUT2D eigenvalue weighted by molar-refractivity contribution is 5.21. The van der Waals surface area contributed by atoms with Crippen molar-refractivity contribution >= 4 is 0 Å². The molecule has 0 fully saturated rings. The zero-order valence-electron chi connectivity index (χ0n) is 9.08. The average molecular weight is 193 g/mol. The first-order chi connectivity index (χ1) is 6.74. The molecule has 78 valence electrons. The first-order valence-corrected chi connectivity index (χ1v) is 5.47. The monoisotopic (exact) mass is 193 g/mol. The molecule has 1 aliphatic heterocycles. The molecule has 0 aromatic carbocycles. The van der Waals surface area contributed by atoms with Gasteiger partial charge in [-0.25, -0.2) is 4.98 Å². The molecule has 0 amide bonds. The number of hydrogen-bond acceptors (Lipinski definition) is 2. The number of hydrogen-bond donors (Lipinski definition) is 1. The van der Waals surface area contributed by atoms with E-state index in [1.165, 1.54) is 30.1 Å². The number of nitrogens with two attached hydrogens (primary N) is 1. The first kappa shape index (κ1) is 9.71. The van der Waals surface area contributed by atoms with Gasteiger partial charge in [0.15, 0.2) is 0 Å². The summed E-state index contributed by atoms with van der Waals surface area (Å²) in [4.78, 5) is 4.55. The highest BCUT2D eigenvalue weighted by Crippen LogP contribution is 2.32. The summed E-state index contributed by atoms with van der Waals surface area (Å²) in [5.41, 5.74) is 8.30. The first-order valence-electron chi connectivity index (χ1n) is 5.47. The fraction of sp³-hybridized carbons (Fsp3) is 0.727. The van der Waals surface area contributed by atoms with Crippen molar-refractivity contribution in [2.45, 2.75) is 45.6 Å². The van der Waals surface area contributed by atoms with E-state index < -0.39 is 0 Å². The average Bonchev–Trinajstić information content (AvgIpc) is 2.44. The summed E-state index contributed by atoms with van der Waals surface area (Å²) in [5, 5.41) is 0. The molecule has 2 N–H and O–H groups in total. The molecule has 1 unspecified atom stereocenters. The number of aromatic nitrogens is 2. The van der Waals surface area contributed by atoms with Gasteiger partial charge in [0.1, 0.15) is 5.82 Å². The van der Waals surface area contributed by atoms with Gasteiger partial charge in [-0.05, 0) is 39.7 Å². The predicted molar refractivity (Wildman–Crippen MR) is 57.3 cm³/mol. The quantitative estimate of drug-likeness (QED) is 0.777. The maximum Gasteiger partial charge on any atom is 0.106 e. The molecule has 3 nitrogen and oxygen atoms in total. The highest BCUT2D eigenvalue weighted by Gasteiger charge is 2.23. The van der Waals surface area contributed by atoms with E-state index >= 15 is 0 Å². The van der Waals surface area contributed by atoms with Crippen LogP contribution in [-0.4, -0.2) is 16.1 Å². The molecule has 0 radical (unpaired) electrons. The third-order valence-electron chi connectivity index (χ3n) is 3.22. The molecule has 0 bridgehead atoms. The molecule has 1 aromatic heterocycles. The van der Waals surface area contributed by atoms with Crippen molar-refractivity contribution in [1.82, 2.24) is 9.55 Å². The van der Waals surface area contributed by atoms with Crippen LogP contribution in [0.2, 0.25) is 0 Å². The molecular formula is C11H19N3. The van der Waals surface area contributed by atoms with Gasteiger partial charge in [0.25, 0.3) is 0 Å². The van der Waals surface area contributed by atoms with E-state index in [1.807, 2.05) is 0 Å². The van der Waals surface area contributed by atoms with Gasteiger partial charge in [-0.1, -0.05) is 0 Å². The van der Waals surface area contributed by atoms with E-state index in [-0.39, 0.29) is 0 Å². The van der Waals surface area contributed by atoms with Crippen LogP contribution in [0.25, 0.3) is 0 Å². The van der Waals surface area contributed by atoms with Gasteiger partial charge < -0.3 is 10.3 Å². The number of fused-ring (bicyclic) bond motifs is 1. The Morgan fingerprint density at radius 2 is 2.29 bits per heavy atom. The van der Waals surface area contributed by atoms with E-state index in [0.717, 1.165) is 19.5 Å². The zero-order chi connectivity index (χ0) is 10.1. The SMILES string of the molecule is Cc1nc(C)n2c1C(CCN)CCC2. The van der Waals surface area contributed by atoms with Crippen LogP contribution in [0.4, 0.5) is 0 Å². The molecule has 0 aliphatic carbocycles. The minimum Gasteiger partial charge on any atom is -0.332 e. The van der Waals surface area contributed by atoms with Gasteiger partial charge in [0.05, 0.1) is 5.69 Å². The number of aryl methyl sites for hydroxylation is 2. The van der Waals surface area contributed by atoms with Crippen LogP contribution in [0, 0.1) is 13.8 Å². The second-order valence-electron chi connectivity index (χ2n) is 4.20. The highest BCUT2D eigenvalue weighted by atomic mass is 15.1. The molecule has 2 heterocycles. The Bertz CT molecular complexity index is 328. The second-order valence-corrected chi connectivity index (χ2v) is 4.20. The van der Waals surface area contributed by atoms with Crippen LogP contribution < -0.4 is 5.73 Å². The van der Waals surface area contributed by atoms with Crippen LogP contribution >= 0.6 is 0 Å². The maximum absolute atomic E-state index is 5.64. The summed E-state index contributed by atoms with van der Waals surface area (Å²) in [6.07, 6.45) is 3.66. The lowest BCUT2D eigenvalue weighted by atomic mass is 9.91. The zero-order valence-corrected chi connectivity index (χ0v) is 9.08. The van der Waals surface area contributed by atoms with Gasteiger partial charge in [-0.15, -0.1) is 0 Å². The lowest BCUT2D eigenvalue weighted by molar-refractivity contribution is 0.432. The largest absolute Gasteiger partial charge is 0.332 e. The summed E-state index contributed by atoms with van der Waals surface area (Å²) < 4.78 is 2.37. The number of rotatable bonds is 2. The van der Waals surface area contributed by atoms with Gasteiger partial charge in [-0.2, -0.15) is 0 Å². The summed E-state index contributed by atoms with van der Waals surface area (Å²) in [6, 6.07) is 0. The topological polar surface area (TPSA) is 43.8 Å². The molecule has 14 heavy (non-hydrogen) atoms. The van der Waals surface area contributed by atoms with Crippen LogP contribution in [0.5, 0.6) is 0 Å². The van der Waals surface area contributed by atoms with Crippen LogP contribution in [0.15, 0.2) is 0 Å². The molecular weight excluding hydrogens is 174 g/mol. The number of imidazole rings is 1. The van der Waals surface area contributed by atoms with Crippen molar-refractivity contribution in [3.63, 3.8) is 0 Å². The van der Waals surface area contributed by atoms with Gasteiger partial charge in [0, 0.05) is 18.2 Å². The second kappa shape index (κ2) is 3.73. The van der Waals surface area contributed by atoms with Crippen LogP contribution in [0.3, 0.4) is 0 Å². The van der Waals surface area contributed by atoms with Crippen molar-refractivity contribution in [2.24, 2.45) is 5.73 Å². The summed E-state index contributed by atoms with van der Waals surface area (Å²) in [5.74, 6) is 1.81. The Morgan fingerprint density at radius 3 is 3.00 bits per heavy atom. The minimum atomic E-state index is 0.648. The fourth-order valence-electron chi connectivity index (χ4n) is 2.64. The van der Waals surface area contributed by atoms with Crippen molar-refractivity contribution < 1.29 is 0 Å². The molecule has 0 saturated heterocycles. The van der Waals surface area contributed by atoms with Crippen LogP contribution in [0.1, 0.15) is 42.4 Å².